The average Bonchev–Trinajstić information content (AvgIpc) is 3.72. The lowest BCUT2D eigenvalue weighted by atomic mass is 10.0. The van der Waals surface area contributed by atoms with Gasteiger partial charge in [-0.1, -0.05) is 18.7 Å². The summed E-state index contributed by atoms with van der Waals surface area (Å²) < 4.78 is 0. The van der Waals surface area contributed by atoms with Gasteiger partial charge in [-0.05, 0) is 87.6 Å². The number of likely N-dealkylation sites (tertiary alicyclic amines) is 1. The van der Waals surface area contributed by atoms with E-state index in [-0.39, 0.29) is 0 Å². The van der Waals surface area contributed by atoms with E-state index < -0.39 is 0 Å². The van der Waals surface area contributed by atoms with Gasteiger partial charge in [0.15, 0.2) is 5.82 Å². The van der Waals surface area contributed by atoms with Gasteiger partial charge in [-0.25, -0.2) is 4.98 Å². The number of nitrogens with one attached hydrogen (secondary N) is 2. The normalized spacial score (nSPS) is 14.3. The van der Waals surface area contributed by atoms with Crippen molar-refractivity contribution in [3.63, 3.8) is 0 Å². The van der Waals surface area contributed by atoms with Crippen LogP contribution < -0.4 is 0 Å². The third kappa shape index (κ3) is 5.28. The summed E-state index contributed by atoms with van der Waals surface area (Å²) in [7, 11) is 0. The highest BCUT2D eigenvalue weighted by atomic mass is 15.1. The van der Waals surface area contributed by atoms with Gasteiger partial charge >= 0.3 is 0 Å². The summed E-state index contributed by atoms with van der Waals surface area (Å²) >= 11 is 0. The number of rotatable bonds is 9. The number of H-pyrrole nitrogens is 2. The van der Waals surface area contributed by atoms with Crippen molar-refractivity contribution < 1.29 is 0 Å². The second kappa shape index (κ2) is 11.1. The van der Waals surface area contributed by atoms with Crippen molar-refractivity contribution in [3.8, 4) is 22.8 Å². The van der Waals surface area contributed by atoms with Gasteiger partial charge in [-0.2, -0.15) is 5.10 Å². The number of imidazole rings is 1. The van der Waals surface area contributed by atoms with Crippen LogP contribution in [-0.4, -0.2) is 59.7 Å². The molecule has 39 heavy (non-hydrogen) atoms. The number of aromatic amines is 2. The van der Waals surface area contributed by atoms with Crippen molar-refractivity contribution in [3.05, 3.63) is 96.5 Å². The molecule has 6 rings (SSSR count). The van der Waals surface area contributed by atoms with Crippen molar-refractivity contribution in [1.29, 1.82) is 0 Å². The fourth-order valence-electron chi connectivity index (χ4n) is 5.33. The summed E-state index contributed by atoms with van der Waals surface area (Å²) in [5.41, 5.74) is 8.53. The molecule has 0 amide bonds. The Morgan fingerprint density at radius 1 is 1.08 bits per heavy atom. The highest BCUT2D eigenvalue weighted by Gasteiger charge is 2.18. The van der Waals surface area contributed by atoms with Crippen LogP contribution in [0.2, 0.25) is 0 Å². The van der Waals surface area contributed by atoms with E-state index in [1.54, 1.807) is 18.5 Å². The minimum atomic E-state index is 0.698. The molecular formula is C31H32N8. The molecule has 1 saturated heterocycles. The first-order valence-electron chi connectivity index (χ1n) is 13.5. The Balaban J connectivity index is 1.29. The van der Waals surface area contributed by atoms with Crippen LogP contribution in [0.4, 0.5) is 0 Å². The molecule has 0 atom stereocenters. The summed E-state index contributed by atoms with van der Waals surface area (Å²) in [6.45, 7) is 9.55. The average molecular weight is 517 g/mol. The maximum Gasteiger partial charge on any atom is 0.159 e. The first-order chi connectivity index (χ1) is 19.2. The van der Waals surface area contributed by atoms with Crippen molar-refractivity contribution >= 4 is 16.5 Å². The molecule has 5 aromatic heterocycles. The van der Waals surface area contributed by atoms with E-state index in [0.717, 1.165) is 69.8 Å². The minimum Gasteiger partial charge on any atom is -0.340 e. The zero-order chi connectivity index (χ0) is 26.6. The van der Waals surface area contributed by atoms with E-state index in [2.05, 4.69) is 48.8 Å². The highest BCUT2D eigenvalue weighted by molar-refractivity contribution is 5.93. The Bertz CT molecular complexity index is 1620. The largest absolute Gasteiger partial charge is 0.340 e. The van der Waals surface area contributed by atoms with E-state index in [4.69, 9.17) is 9.97 Å². The monoisotopic (exact) mass is 516 g/mol. The van der Waals surface area contributed by atoms with Gasteiger partial charge in [0.1, 0.15) is 5.69 Å². The second-order valence-corrected chi connectivity index (χ2v) is 10.0. The zero-order valence-corrected chi connectivity index (χ0v) is 22.2. The fraction of sp³-hybridized carbons (Fsp3) is 0.258. The van der Waals surface area contributed by atoms with Crippen LogP contribution >= 0.6 is 0 Å². The smallest absolute Gasteiger partial charge is 0.159 e. The van der Waals surface area contributed by atoms with Crippen LogP contribution in [0.1, 0.15) is 41.8 Å². The van der Waals surface area contributed by atoms with Gasteiger partial charge < -0.3 is 9.88 Å². The molecule has 196 valence electrons. The number of fused-ring (bicyclic) bond motifs is 1. The van der Waals surface area contributed by atoms with Crippen molar-refractivity contribution in [2.75, 3.05) is 19.6 Å². The maximum atomic E-state index is 4.97. The number of allylic oxidation sites excluding steroid dienone is 2. The standard InChI is InChI=1S/C31H32N8/c1-3-7-25(23-9-11-32-12-10-23)29-21(2)35-31(36-29)30-26-17-27(34-20-28(26)37-38-30)24-16-22(18-33-19-24)8-6-15-39-13-4-5-14-39/h3,7,9-12,16-20H,1,4-6,8,13-15H2,2H3,(H,35,36)(H,37,38)/b25-7-. The number of pyridine rings is 3. The maximum absolute atomic E-state index is 4.97. The van der Waals surface area contributed by atoms with Gasteiger partial charge in [0.25, 0.3) is 0 Å². The zero-order valence-electron chi connectivity index (χ0n) is 22.2. The van der Waals surface area contributed by atoms with Crippen LogP contribution in [0, 0.1) is 6.92 Å². The minimum absolute atomic E-state index is 0.698. The predicted octanol–water partition coefficient (Wildman–Crippen LogP) is 5.76. The van der Waals surface area contributed by atoms with Gasteiger partial charge in [0, 0.05) is 47.0 Å². The summed E-state index contributed by atoms with van der Waals surface area (Å²) in [5, 5.41) is 8.67. The molecule has 0 bridgehead atoms. The van der Waals surface area contributed by atoms with E-state index in [9.17, 15) is 0 Å². The van der Waals surface area contributed by atoms with Crippen molar-refractivity contribution in [1.82, 2.24) is 40.0 Å². The summed E-state index contributed by atoms with van der Waals surface area (Å²) in [6, 6.07) is 8.22. The molecule has 1 aliphatic rings. The molecule has 0 aromatic carbocycles. The molecule has 0 radical (unpaired) electrons. The molecule has 0 saturated carbocycles. The molecule has 5 aromatic rings. The molecule has 1 aliphatic heterocycles. The van der Waals surface area contributed by atoms with Crippen LogP contribution in [0.5, 0.6) is 0 Å². The van der Waals surface area contributed by atoms with E-state index in [0.29, 0.717) is 5.82 Å². The molecule has 8 nitrogen and oxygen atoms in total. The molecule has 2 N–H and O–H groups in total. The fourth-order valence-corrected chi connectivity index (χ4v) is 5.33. The molecular weight excluding hydrogens is 484 g/mol. The number of nitrogens with zero attached hydrogens (tertiary/aromatic N) is 6. The Morgan fingerprint density at radius 3 is 2.74 bits per heavy atom. The Kier molecular flexibility index (Phi) is 7.10. The van der Waals surface area contributed by atoms with Gasteiger partial charge in [-0.3, -0.25) is 20.1 Å². The third-order valence-electron chi connectivity index (χ3n) is 7.32. The second-order valence-electron chi connectivity index (χ2n) is 10.0. The summed E-state index contributed by atoms with van der Waals surface area (Å²) in [5.74, 6) is 0.698. The first-order valence-corrected chi connectivity index (χ1v) is 13.5. The molecule has 1 fully saturated rings. The topological polar surface area (TPSA) is 99.3 Å². The van der Waals surface area contributed by atoms with Crippen LogP contribution in [0.15, 0.2) is 74.0 Å². The number of hydrogen-bond donors (Lipinski definition) is 2. The van der Waals surface area contributed by atoms with Gasteiger partial charge in [0.2, 0.25) is 0 Å². The number of hydrogen-bond acceptors (Lipinski definition) is 6. The highest BCUT2D eigenvalue weighted by Crippen LogP contribution is 2.31. The van der Waals surface area contributed by atoms with E-state index >= 15 is 0 Å². The lowest BCUT2D eigenvalue weighted by Gasteiger charge is -2.14. The van der Waals surface area contributed by atoms with Crippen LogP contribution in [-0.2, 0) is 6.42 Å². The van der Waals surface area contributed by atoms with E-state index in [1.165, 1.54) is 31.5 Å². The van der Waals surface area contributed by atoms with Gasteiger partial charge in [-0.15, -0.1) is 0 Å². The van der Waals surface area contributed by atoms with Gasteiger partial charge in [0.05, 0.1) is 23.1 Å². The first kappa shape index (κ1) is 24.9. The Hall–Kier alpha value is -4.43. The van der Waals surface area contributed by atoms with Crippen LogP contribution in [0.3, 0.4) is 0 Å². The Labute approximate surface area is 228 Å². The summed E-state index contributed by atoms with van der Waals surface area (Å²) in [6.07, 6.45) is 17.8. The molecule has 8 heteroatoms. The quantitative estimate of drug-likeness (QED) is 0.242. The Morgan fingerprint density at radius 2 is 1.92 bits per heavy atom. The SMILES string of the molecule is C=C/C=C(/c1ccncc1)c1nc(-c2n[nH]c3cnc(-c4cncc(CCCN5CCCC5)c4)cc23)[nH]c1C. The van der Waals surface area contributed by atoms with Crippen molar-refractivity contribution in [2.45, 2.75) is 32.6 Å². The molecule has 0 aliphatic carbocycles. The number of aryl methyl sites for hydroxylation is 2. The summed E-state index contributed by atoms with van der Waals surface area (Å²) in [4.78, 5) is 24.3. The van der Waals surface area contributed by atoms with Crippen molar-refractivity contribution in [2.24, 2.45) is 0 Å². The lowest BCUT2D eigenvalue weighted by Crippen LogP contribution is -2.20. The lowest BCUT2D eigenvalue weighted by molar-refractivity contribution is 0.334. The van der Waals surface area contributed by atoms with E-state index in [1.807, 2.05) is 43.7 Å². The third-order valence-corrected chi connectivity index (χ3v) is 7.32. The number of aromatic nitrogens is 7. The van der Waals surface area contributed by atoms with Crippen LogP contribution in [0.25, 0.3) is 39.3 Å². The predicted molar refractivity (Wildman–Crippen MR) is 155 cm³/mol. The molecule has 0 unspecified atom stereocenters. The molecule has 0 spiro atoms. The molecule has 6 heterocycles.